The maximum absolute atomic E-state index is 14.0. The number of aryl methyl sites for hydroxylation is 2. The number of halogens is 1. The van der Waals surface area contributed by atoms with Crippen LogP contribution in [0.3, 0.4) is 0 Å². The summed E-state index contributed by atoms with van der Waals surface area (Å²) >= 11 is 0. The Morgan fingerprint density at radius 2 is 1.96 bits per heavy atom. The molecule has 4 heteroatoms. The van der Waals surface area contributed by atoms with E-state index in [9.17, 15) is 14.0 Å². The Bertz CT molecular complexity index is 839. The Hall–Kier alpha value is -2.49. The molecule has 1 atom stereocenters. The van der Waals surface area contributed by atoms with Gasteiger partial charge in [-0.05, 0) is 48.6 Å². The molecule has 0 aliphatic heterocycles. The summed E-state index contributed by atoms with van der Waals surface area (Å²) in [5.74, 6) is -1.08. The SMILES string of the molecule is Cc1ccc(CC(=O)Oc2ccc(F)c3c2C(=O)CC3C)cc1C. The van der Waals surface area contributed by atoms with Gasteiger partial charge in [-0.15, -0.1) is 0 Å². The van der Waals surface area contributed by atoms with Gasteiger partial charge in [0.1, 0.15) is 11.6 Å². The van der Waals surface area contributed by atoms with Gasteiger partial charge in [-0.2, -0.15) is 0 Å². The topological polar surface area (TPSA) is 43.4 Å². The second-order valence-electron chi connectivity index (χ2n) is 6.43. The molecule has 2 aromatic carbocycles. The van der Waals surface area contributed by atoms with Gasteiger partial charge in [0, 0.05) is 12.0 Å². The van der Waals surface area contributed by atoms with E-state index in [4.69, 9.17) is 4.74 Å². The number of esters is 1. The monoisotopic (exact) mass is 326 g/mol. The molecule has 0 spiro atoms. The lowest BCUT2D eigenvalue weighted by atomic mass is 10.0. The highest BCUT2D eigenvalue weighted by Gasteiger charge is 2.33. The molecule has 0 saturated heterocycles. The average Bonchev–Trinajstić information content (AvgIpc) is 2.82. The standard InChI is InChI=1S/C20H19FO3/c1-11-4-5-14(8-12(11)2)10-18(23)24-17-7-6-15(21)19-13(3)9-16(22)20(17)19/h4-8,13H,9-10H2,1-3H3. The zero-order valence-electron chi connectivity index (χ0n) is 14.0. The number of ether oxygens (including phenoxy) is 1. The summed E-state index contributed by atoms with van der Waals surface area (Å²) in [5, 5.41) is 0. The highest BCUT2D eigenvalue weighted by molar-refractivity contribution is 6.04. The van der Waals surface area contributed by atoms with Crippen LogP contribution in [-0.4, -0.2) is 11.8 Å². The van der Waals surface area contributed by atoms with E-state index < -0.39 is 11.8 Å². The Morgan fingerprint density at radius 1 is 1.21 bits per heavy atom. The van der Waals surface area contributed by atoms with Gasteiger partial charge in [-0.1, -0.05) is 25.1 Å². The highest BCUT2D eigenvalue weighted by Crippen LogP contribution is 2.39. The summed E-state index contributed by atoms with van der Waals surface area (Å²) in [6, 6.07) is 8.40. The maximum Gasteiger partial charge on any atom is 0.315 e. The first-order valence-electron chi connectivity index (χ1n) is 7.99. The average molecular weight is 326 g/mol. The Balaban J connectivity index is 1.83. The maximum atomic E-state index is 14.0. The van der Waals surface area contributed by atoms with Gasteiger partial charge in [-0.3, -0.25) is 9.59 Å². The summed E-state index contributed by atoms with van der Waals surface area (Å²) < 4.78 is 19.3. The van der Waals surface area contributed by atoms with Crippen molar-refractivity contribution in [3.05, 3.63) is 64.0 Å². The third-order valence-electron chi connectivity index (χ3n) is 4.56. The van der Waals surface area contributed by atoms with E-state index in [-0.39, 0.29) is 35.9 Å². The van der Waals surface area contributed by atoms with E-state index in [0.29, 0.717) is 5.56 Å². The van der Waals surface area contributed by atoms with Gasteiger partial charge in [0.2, 0.25) is 0 Å². The molecule has 3 rings (SSSR count). The zero-order chi connectivity index (χ0) is 17.4. The zero-order valence-corrected chi connectivity index (χ0v) is 14.0. The van der Waals surface area contributed by atoms with Gasteiger partial charge in [0.15, 0.2) is 5.78 Å². The van der Waals surface area contributed by atoms with Crippen LogP contribution in [0, 0.1) is 19.7 Å². The van der Waals surface area contributed by atoms with E-state index in [0.717, 1.165) is 16.7 Å². The molecule has 0 N–H and O–H groups in total. The van der Waals surface area contributed by atoms with Crippen LogP contribution in [-0.2, 0) is 11.2 Å². The molecule has 2 aromatic rings. The Morgan fingerprint density at radius 3 is 2.67 bits per heavy atom. The molecular formula is C20H19FO3. The highest BCUT2D eigenvalue weighted by atomic mass is 19.1. The molecule has 0 aromatic heterocycles. The third kappa shape index (κ3) is 2.96. The molecule has 0 radical (unpaired) electrons. The number of hydrogen-bond donors (Lipinski definition) is 0. The number of carbonyl (C=O) groups is 2. The minimum atomic E-state index is -0.459. The lowest BCUT2D eigenvalue weighted by molar-refractivity contribution is -0.133. The fourth-order valence-corrected chi connectivity index (χ4v) is 3.15. The number of hydrogen-bond acceptors (Lipinski definition) is 3. The van der Waals surface area contributed by atoms with Crippen LogP contribution in [0.4, 0.5) is 4.39 Å². The smallest absolute Gasteiger partial charge is 0.315 e. The lowest BCUT2D eigenvalue weighted by Crippen LogP contribution is -2.13. The Labute approximate surface area is 140 Å². The molecule has 0 bridgehead atoms. The van der Waals surface area contributed by atoms with Crippen LogP contribution in [0.5, 0.6) is 5.75 Å². The first kappa shape index (κ1) is 16.4. The largest absolute Gasteiger partial charge is 0.425 e. The van der Waals surface area contributed by atoms with Crippen LogP contribution < -0.4 is 4.74 Å². The summed E-state index contributed by atoms with van der Waals surface area (Å²) in [6.07, 6.45) is 0.356. The fraction of sp³-hybridized carbons (Fsp3) is 0.300. The fourth-order valence-electron chi connectivity index (χ4n) is 3.15. The van der Waals surface area contributed by atoms with Crippen LogP contribution in [0.25, 0.3) is 0 Å². The number of ketones is 1. The second kappa shape index (κ2) is 6.19. The van der Waals surface area contributed by atoms with Crippen molar-refractivity contribution >= 4 is 11.8 Å². The lowest BCUT2D eigenvalue weighted by Gasteiger charge is -2.11. The summed E-state index contributed by atoms with van der Waals surface area (Å²) in [5.41, 5.74) is 3.68. The number of fused-ring (bicyclic) bond motifs is 1. The molecule has 1 aliphatic carbocycles. The summed E-state index contributed by atoms with van der Waals surface area (Å²) in [4.78, 5) is 24.3. The number of benzene rings is 2. The van der Waals surface area contributed by atoms with Crippen molar-refractivity contribution in [3.63, 3.8) is 0 Å². The van der Waals surface area contributed by atoms with Gasteiger partial charge < -0.3 is 4.74 Å². The molecule has 0 fully saturated rings. The summed E-state index contributed by atoms with van der Waals surface area (Å²) in [7, 11) is 0. The van der Waals surface area contributed by atoms with E-state index in [1.54, 1.807) is 6.92 Å². The van der Waals surface area contributed by atoms with Crippen molar-refractivity contribution in [2.45, 2.75) is 39.5 Å². The predicted molar refractivity (Wildman–Crippen MR) is 89.0 cm³/mol. The minimum Gasteiger partial charge on any atom is -0.425 e. The molecule has 1 aliphatic rings. The van der Waals surface area contributed by atoms with E-state index in [2.05, 4.69) is 0 Å². The molecule has 24 heavy (non-hydrogen) atoms. The summed E-state index contributed by atoms with van der Waals surface area (Å²) in [6.45, 7) is 5.79. The number of Topliss-reactive ketones (excluding diaryl/α,β-unsaturated/α-hetero) is 1. The van der Waals surface area contributed by atoms with Crippen LogP contribution in [0.2, 0.25) is 0 Å². The van der Waals surface area contributed by atoms with Gasteiger partial charge >= 0.3 is 5.97 Å². The van der Waals surface area contributed by atoms with E-state index >= 15 is 0 Å². The Kier molecular flexibility index (Phi) is 4.22. The predicted octanol–water partition coefficient (Wildman–Crippen LogP) is 4.28. The molecule has 0 amide bonds. The second-order valence-corrected chi connectivity index (χ2v) is 6.43. The molecule has 0 heterocycles. The van der Waals surface area contributed by atoms with E-state index in [1.165, 1.54) is 12.1 Å². The molecular weight excluding hydrogens is 307 g/mol. The van der Waals surface area contributed by atoms with Crippen molar-refractivity contribution < 1.29 is 18.7 Å². The molecule has 1 unspecified atom stereocenters. The minimum absolute atomic E-state index is 0.108. The van der Waals surface area contributed by atoms with Crippen LogP contribution >= 0.6 is 0 Å². The van der Waals surface area contributed by atoms with Gasteiger partial charge in [0.05, 0.1) is 12.0 Å². The van der Waals surface area contributed by atoms with Crippen molar-refractivity contribution in [1.82, 2.24) is 0 Å². The van der Waals surface area contributed by atoms with Crippen molar-refractivity contribution in [1.29, 1.82) is 0 Å². The molecule has 3 nitrogen and oxygen atoms in total. The first-order valence-corrected chi connectivity index (χ1v) is 7.99. The first-order chi connectivity index (χ1) is 11.4. The molecule has 0 saturated carbocycles. The molecule has 124 valence electrons. The van der Waals surface area contributed by atoms with Crippen molar-refractivity contribution in [2.24, 2.45) is 0 Å². The van der Waals surface area contributed by atoms with Crippen molar-refractivity contribution in [3.8, 4) is 5.75 Å². The van der Waals surface area contributed by atoms with Gasteiger partial charge in [0.25, 0.3) is 0 Å². The van der Waals surface area contributed by atoms with Crippen LogP contribution in [0.1, 0.15) is 51.9 Å². The third-order valence-corrected chi connectivity index (χ3v) is 4.56. The number of rotatable bonds is 3. The van der Waals surface area contributed by atoms with Crippen molar-refractivity contribution in [2.75, 3.05) is 0 Å². The van der Waals surface area contributed by atoms with Crippen LogP contribution in [0.15, 0.2) is 30.3 Å². The number of carbonyl (C=O) groups excluding carboxylic acids is 2. The van der Waals surface area contributed by atoms with E-state index in [1.807, 2.05) is 32.0 Å². The normalized spacial score (nSPS) is 16.2. The quantitative estimate of drug-likeness (QED) is 0.624. The van der Waals surface area contributed by atoms with Gasteiger partial charge in [-0.25, -0.2) is 4.39 Å².